The summed E-state index contributed by atoms with van der Waals surface area (Å²) in [6, 6.07) is 8.32. The van der Waals surface area contributed by atoms with Crippen molar-refractivity contribution in [1.82, 2.24) is 25.3 Å². The number of nitrogens with one attached hydrogen (secondary N) is 3. The molecule has 1 aromatic carbocycles. The van der Waals surface area contributed by atoms with Crippen LogP contribution in [0.2, 0.25) is 0 Å². The molecule has 0 bridgehead atoms. The van der Waals surface area contributed by atoms with Gasteiger partial charge in [0.05, 0.1) is 0 Å². The van der Waals surface area contributed by atoms with Gasteiger partial charge in [0.15, 0.2) is 0 Å². The van der Waals surface area contributed by atoms with Crippen LogP contribution in [0.15, 0.2) is 29.1 Å². The summed E-state index contributed by atoms with van der Waals surface area (Å²) >= 11 is 0. The first kappa shape index (κ1) is 22.0. The number of H-pyrrole nitrogens is 1. The molecule has 1 heterocycles. The maximum absolute atomic E-state index is 11.8. The molecule has 0 aliphatic carbocycles. The van der Waals surface area contributed by atoms with Gasteiger partial charge in [-0.1, -0.05) is 31.2 Å². The molecule has 5 N–H and O–H groups in total. The highest BCUT2D eigenvalue weighted by Gasteiger charge is 2.07. The molecule has 0 saturated heterocycles. The van der Waals surface area contributed by atoms with E-state index >= 15 is 0 Å². The Labute approximate surface area is 165 Å². The number of hydroxylamine groups is 1. The lowest BCUT2D eigenvalue weighted by molar-refractivity contribution is 0.0396. The van der Waals surface area contributed by atoms with Crippen molar-refractivity contribution in [2.45, 2.75) is 32.1 Å². The quantitative estimate of drug-likeness (QED) is 0.313. The molecule has 9 heteroatoms. The van der Waals surface area contributed by atoms with Gasteiger partial charge in [0.25, 0.3) is 0 Å². The van der Waals surface area contributed by atoms with Crippen LogP contribution in [0.5, 0.6) is 0 Å². The topological polar surface area (TPSA) is 121 Å². The number of aromatic nitrogens is 3. The Hall–Kier alpha value is -2.33. The molecule has 1 atom stereocenters. The second-order valence-electron chi connectivity index (χ2n) is 7.13. The Morgan fingerprint density at radius 1 is 1.21 bits per heavy atom. The SMILES string of the molecule is CC(CCNON)c1ccc(Cc2nc(NCCCN(C)C)nc(=O)[nH]2)cc1. The van der Waals surface area contributed by atoms with Crippen LogP contribution in [0.1, 0.15) is 42.6 Å². The van der Waals surface area contributed by atoms with Crippen LogP contribution < -0.4 is 22.4 Å². The Morgan fingerprint density at radius 3 is 2.64 bits per heavy atom. The molecule has 154 valence electrons. The van der Waals surface area contributed by atoms with Crippen molar-refractivity contribution in [3.8, 4) is 0 Å². The minimum atomic E-state index is -0.389. The highest BCUT2D eigenvalue weighted by molar-refractivity contribution is 5.28. The van der Waals surface area contributed by atoms with Crippen molar-refractivity contribution in [3.63, 3.8) is 0 Å². The third kappa shape index (κ3) is 7.73. The van der Waals surface area contributed by atoms with E-state index in [9.17, 15) is 4.79 Å². The van der Waals surface area contributed by atoms with E-state index in [0.717, 1.165) is 31.5 Å². The minimum Gasteiger partial charge on any atom is -0.354 e. The first-order valence-corrected chi connectivity index (χ1v) is 9.51. The monoisotopic (exact) mass is 389 g/mol. The fraction of sp³-hybridized carbons (Fsp3) is 0.526. The zero-order valence-electron chi connectivity index (χ0n) is 16.9. The number of benzene rings is 1. The molecule has 28 heavy (non-hydrogen) atoms. The van der Waals surface area contributed by atoms with Crippen molar-refractivity contribution >= 4 is 5.95 Å². The van der Waals surface area contributed by atoms with Crippen LogP contribution in [-0.4, -0.2) is 53.6 Å². The first-order chi connectivity index (χ1) is 13.5. The largest absolute Gasteiger partial charge is 0.354 e. The molecule has 0 saturated carbocycles. The third-order valence-electron chi connectivity index (χ3n) is 4.45. The van der Waals surface area contributed by atoms with Gasteiger partial charge in [-0.15, -0.1) is 0 Å². The second kappa shape index (κ2) is 11.5. The fourth-order valence-corrected chi connectivity index (χ4v) is 2.85. The van der Waals surface area contributed by atoms with Crippen LogP contribution in [0.3, 0.4) is 0 Å². The lowest BCUT2D eigenvalue weighted by atomic mass is 9.96. The number of rotatable bonds is 12. The fourth-order valence-electron chi connectivity index (χ4n) is 2.85. The number of hydrogen-bond acceptors (Lipinski definition) is 8. The Morgan fingerprint density at radius 2 is 1.96 bits per heavy atom. The number of nitrogens with two attached hydrogens (primary N) is 1. The van der Waals surface area contributed by atoms with Gasteiger partial charge in [-0.2, -0.15) is 21.3 Å². The molecule has 2 rings (SSSR count). The molecule has 0 amide bonds. The van der Waals surface area contributed by atoms with Crippen molar-refractivity contribution < 1.29 is 4.94 Å². The highest BCUT2D eigenvalue weighted by atomic mass is 16.8. The Kier molecular flexibility index (Phi) is 9.02. The number of hydrogen-bond donors (Lipinski definition) is 4. The van der Waals surface area contributed by atoms with Crippen LogP contribution in [-0.2, 0) is 11.4 Å². The minimum absolute atomic E-state index is 0.373. The van der Waals surface area contributed by atoms with Gasteiger partial charge in [0, 0.05) is 19.5 Å². The van der Waals surface area contributed by atoms with Gasteiger partial charge < -0.3 is 10.2 Å². The molecule has 1 unspecified atom stereocenters. The highest BCUT2D eigenvalue weighted by Crippen LogP contribution is 2.19. The van der Waals surface area contributed by atoms with Crippen molar-refractivity contribution in [2.75, 3.05) is 39.0 Å². The third-order valence-corrected chi connectivity index (χ3v) is 4.45. The smallest absolute Gasteiger partial charge is 0.349 e. The van der Waals surface area contributed by atoms with Crippen LogP contribution >= 0.6 is 0 Å². The molecule has 0 fully saturated rings. The summed E-state index contributed by atoms with van der Waals surface area (Å²) in [6.45, 7) is 4.52. The van der Waals surface area contributed by atoms with Crippen LogP contribution in [0, 0.1) is 0 Å². The second-order valence-corrected chi connectivity index (χ2v) is 7.13. The van der Waals surface area contributed by atoms with Gasteiger partial charge in [-0.3, -0.25) is 4.98 Å². The predicted octanol–water partition coefficient (Wildman–Crippen LogP) is 1.01. The van der Waals surface area contributed by atoms with E-state index < -0.39 is 0 Å². The predicted molar refractivity (Wildman–Crippen MR) is 110 cm³/mol. The molecule has 0 aliphatic rings. The Balaban J connectivity index is 1.94. The molecule has 0 aliphatic heterocycles. The molecule has 2 aromatic rings. The van der Waals surface area contributed by atoms with E-state index in [1.165, 1.54) is 5.56 Å². The summed E-state index contributed by atoms with van der Waals surface area (Å²) in [5, 5.41) is 3.12. The van der Waals surface area contributed by atoms with Crippen molar-refractivity contribution in [1.29, 1.82) is 0 Å². The van der Waals surface area contributed by atoms with Crippen molar-refractivity contribution in [2.24, 2.45) is 5.90 Å². The standard InChI is InChI=1S/C19H31N7O2/c1-14(9-11-22-28-20)16-7-5-15(6-8-16)13-17-23-18(25-19(27)24-17)21-10-4-12-26(2)3/h5-8,14,22H,4,9-13,20H2,1-3H3,(H2,21,23,24,25,27). The van der Waals surface area contributed by atoms with E-state index in [1.807, 2.05) is 14.1 Å². The van der Waals surface area contributed by atoms with Crippen LogP contribution in [0.4, 0.5) is 5.95 Å². The van der Waals surface area contributed by atoms with E-state index in [2.05, 4.69) is 66.8 Å². The maximum atomic E-state index is 11.8. The molecule has 0 spiro atoms. The van der Waals surface area contributed by atoms with Crippen LogP contribution in [0.25, 0.3) is 0 Å². The van der Waals surface area contributed by atoms with Gasteiger partial charge in [-0.25, -0.2) is 9.73 Å². The summed E-state index contributed by atoms with van der Waals surface area (Å²) in [7, 11) is 4.05. The molecule has 0 radical (unpaired) electrons. The van der Waals surface area contributed by atoms with E-state index in [0.29, 0.717) is 30.7 Å². The Bertz CT molecular complexity index is 762. The summed E-state index contributed by atoms with van der Waals surface area (Å²) in [5.41, 5.74) is 4.57. The van der Waals surface area contributed by atoms with Crippen molar-refractivity contribution in [3.05, 3.63) is 51.7 Å². The number of nitrogens with zero attached hydrogens (tertiary/aromatic N) is 3. The number of anilines is 1. The van der Waals surface area contributed by atoms with Gasteiger partial charge in [0.1, 0.15) is 5.82 Å². The van der Waals surface area contributed by atoms with E-state index in [1.54, 1.807) is 0 Å². The normalized spacial score (nSPS) is 12.3. The lowest BCUT2D eigenvalue weighted by Crippen LogP contribution is -2.21. The summed E-state index contributed by atoms with van der Waals surface area (Å²) < 4.78 is 0. The van der Waals surface area contributed by atoms with Gasteiger partial charge >= 0.3 is 5.69 Å². The van der Waals surface area contributed by atoms with Gasteiger partial charge in [-0.05, 0) is 50.5 Å². The summed E-state index contributed by atoms with van der Waals surface area (Å²) in [4.78, 5) is 29.4. The zero-order valence-corrected chi connectivity index (χ0v) is 16.9. The maximum Gasteiger partial charge on any atom is 0.349 e. The zero-order chi connectivity index (χ0) is 20.4. The van der Waals surface area contributed by atoms with E-state index in [4.69, 9.17) is 5.90 Å². The molecule has 1 aromatic heterocycles. The average Bonchev–Trinajstić information content (AvgIpc) is 2.65. The van der Waals surface area contributed by atoms with Gasteiger partial charge in [0.2, 0.25) is 5.95 Å². The average molecular weight is 390 g/mol. The number of aromatic amines is 1. The molecule has 9 nitrogen and oxygen atoms in total. The lowest BCUT2D eigenvalue weighted by Gasteiger charge is -2.12. The molecular formula is C19H31N7O2. The summed E-state index contributed by atoms with van der Waals surface area (Å²) in [5.74, 6) is 6.31. The molecular weight excluding hydrogens is 358 g/mol. The van der Waals surface area contributed by atoms with E-state index in [-0.39, 0.29) is 5.69 Å². The first-order valence-electron chi connectivity index (χ1n) is 9.51. The summed E-state index contributed by atoms with van der Waals surface area (Å²) in [6.07, 6.45) is 2.41.